The molecule has 2 aromatic carbocycles. The molecule has 118 valence electrons. The molecule has 0 fully saturated rings. The van der Waals surface area contributed by atoms with Crippen molar-refractivity contribution in [3.05, 3.63) is 70.0 Å². The molecule has 0 saturated carbocycles. The largest absolute Gasteiger partial charge is 0.493 e. The summed E-state index contributed by atoms with van der Waals surface area (Å²) in [6.45, 7) is 0. The van der Waals surface area contributed by atoms with Gasteiger partial charge in [0, 0.05) is 12.1 Å². The fourth-order valence-electron chi connectivity index (χ4n) is 1.78. The minimum absolute atomic E-state index is 0.0735. The van der Waals surface area contributed by atoms with Crippen LogP contribution in [0.3, 0.4) is 0 Å². The standard InChI is InChI=1S/C16H12FNO5/c1-22-14-7-6-13(18(20)21)10-15(14)23-16(19)8-5-11-3-2-4-12(17)9-11/h2-10H,1H3/b8-5+. The smallest absolute Gasteiger partial charge is 0.336 e. The Morgan fingerprint density at radius 1 is 1.22 bits per heavy atom. The van der Waals surface area contributed by atoms with Gasteiger partial charge in [-0.15, -0.1) is 0 Å². The summed E-state index contributed by atoms with van der Waals surface area (Å²) < 4.78 is 23.0. The molecule has 0 atom stereocenters. The normalized spacial score (nSPS) is 10.5. The van der Waals surface area contributed by atoms with Crippen molar-refractivity contribution in [3.8, 4) is 11.5 Å². The number of esters is 1. The Morgan fingerprint density at radius 2 is 2.00 bits per heavy atom. The van der Waals surface area contributed by atoms with E-state index < -0.39 is 16.7 Å². The lowest BCUT2D eigenvalue weighted by molar-refractivity contribution is -0.384. The average molecular weight is 317 g/mol. The van der Waals surface area contributed by atoms with Gasteiger partial charge in [-0.05, 0) is 29.8 Å². The fourth-order valence-corrected chi connectivity index (χ4v) is 1.78. The molecule has 0 radical (unpaired) electrons. The summed E-state index contributed by atoms with van der Waals surface area (Å²) in [6.07, 6.45) is 2.46. The molecule has 7 heteroatoms. The molecule has 0 heterocycles. The Kier molecular flexibility index (Phi) is 5.03. The molecule has 0 aromatic heterocycles. The van der Waals surface area contributed by atoms with E-state index in [1.54, 1.807) is 6.07 Å². The van der Waals surface area contributed by atoms with Gasteiger partial charge < -0.3 is 9.47 Å². The first-order valence-electron chi connectivity index (χ1n) is 6.47. The molecular weight excluding hydrogens is 305 g/mol. The van der Waals surface area contributed by atoms with Gasteiger partial charge in [-0.3, -0.25) is 10.1 Å². The predicted molar refractivity (Wildman–Crippen MR) is 80.7 cm³/mol. The number of carbonyl (C=O) groups excluding carboxylic acids is 1. The molecule has 23 heavy (non-hydrogen) atoms. The molecule has 6 nitrogen and oxygen atoms in total. The minimum Gasteiger partial charge on any atom is -0.493 e. The van der Waals surface area contributed by atoms with Gasteiger partial charge in [0.25, 0.3) is 5.69 Å². The number of nitro groups is 1. The second kappa shape index (κ2) is 7.17. The number of nitro benzene ring substituents is 1. The molecular formula is C16H12FNO5. The summed E-state index contributed by atoms with van der Waals surface area (Å²) in [5.74, 6) is -1.09. The molecule has 0 amide bonds. The van der Waals surface area contributed by atoms with Gasteiger partial charge in [-0.25, -0.2) is 9.18 Å². The van der Waals surface area contributed by atoms with Crippen LogP contribution in [0.1, 0.15) is 5.56 Å². The van der Waals surface area contributed by atoms with Gasteiger partial charge in [0.05, 0.1) is 18.1 Å². The maximum Gasteiger partial charge on any atom is 0.336 e. The number of carbonyl (C=O) groups is 1. The van der Waals surface area contributed by atoms with E-state index in [-0.39, 0.29) is 17.2 Å². The topological polar surface area (TPSA) is 78.7 Å². The molecule has 2 rings (SSSR count). The molecule has 0 saturated heterocycles. The monoisotopic (exact) mass is 317 g/mol. The lowest BCUT2D eigenvalue weighted by Crippen LogP contribution is -2.05. The van der Waals surface area contributed by atoms with E-state index in [4.69, 9.17) is 9.47 Å². The number of halogens is 1. The van der Waals surface area contributed by atoms with Gasteiger partial charge in [-0.1, -0.05) is 12.1 Å². The number of hydrogen-bond donors (Lipinski definition) is 0. The summed E-state index contributed by atoms with van der Waals surface area (Å²) in [7, 11) is 1.35. The SMILES string of the molecule is COc1ccc([N+](=O)[O-])cc1OC(=O)/C=C/c1cccc(F)c1. The van der Waals surface area contributed by atoms with Crippen LogP contribution in [0.4, 0.5) is 10.1 Å². The molecule has 2 aromatic rings. The molecule has 0 spiro atoms. The van der Waals surface area contributed by atoms with Crippen LogP contribution in [0, 0.1) is 15.9 Å². The van der Waals surface area contributed by atoms with Crippen molar-refractivity contribution in [1.82, 2.24) is 0 Å². The van der Waals surface area contributed by atoms with Gasteiger partial charge in [0.15, 0.2) is 11.5 Å². The summed E-state index contributed by atoms with van der Waals surface area (Å²) in [5.41, 5.74) is 0.246. The lowest BCUT2D eigenvalue weighted by atomic mass is 10.2. The van der Waals surface area contributed by atoms with E-state index in [9.17, 15) is 19.3 Å². The quantitative estimate of drug-likeness (QED) is 0.278. The number of methoxy groups -OCH3 is 1. The van der Waals surface area contributed by atoms with Crippen molar-refractivity contribution >= 4 is 17.7 Å². The van der Waals surface area contributed by atoms with Crippen LogP contribution in [-0.4, -0.2) is 18.0 Å². The van der Waals surface area contributed by atoms with Crippen LogP contribution < -0.4 is 9.47 Å². The first-order chi connectivity index (χ1) is 11.0. The van der Waals surface area contributed by atoms with E-state index in [1.807, 2.05) is 0 Å². The van der Waals surface area contributed by atoms with Crippen molar-refractivity contribution < 1.29 is 23.6 Å². The van der Waals surface area contributed by atoms with Crippen LogP contribution >= 0.6 is 0 Å². The molecule has 0 aliphatic rings. The molecule has 0 bridgehead atoms. The summed E-state index contributed by atoms with van der Waals surface area (Å²) in [5, 5.41) is 10.8. The Morgan fingerprint density at radius 3 is 2.65 bits per heavy atom. The number of ether oxygens (including phenoxy) is 2. The number of rotatable bonds is 5. The third kappa shape index (κ3) is 4.37. The number of hydrogen-bond acceptors (Lipinski definition) is 5. The maximum absolute atomic E-state index is 13.0. The van der Waals surface area contributed by atoms with E-state index in [0.29, 0.717) is 5.56 Å². The number of nitrogens with zero attached hydrogens (tertiary/aromatic N) is 1. The zero-order chi connectivity index (χ0) is 16.8. The predicted octanol–water partition coefficient (Wildman–Crippen LogP) is 3.36. The Balaban J connectivity index is 2.16. The van der Waals surface area contributed by atoms with Gasteiger partial charge in [0.2, 0.25) is 0 Å². The summed E-state index contributed by atoms with van der Waals surface area (Å²) >= 11 is 0. The third-order valence-electron chi connectivity index (χ3n) is 2.83. The van der Waals surface area contributed by atoms with Gasteiger partial charge in [0.1, 0.15) is 5.82 Å². The van der Waals surface area contributed by atoms with E-state index >= 15 is 0 Å². The zero-order valence-corrected chi connectivity index (χ0v) is 12.1. The number of non-ortho nitro benzene ring substituents is 1. The van der Waals surface area contributed by atoms with E-state index in [1.165, 1.54) is 43.5 Å². The highest BCUT2D eigenvalue weighted by atomic mass is 19.1. The minimum atomic E-state index is -0.770. The van der Waals surface area contributed by atoms with Crippen molar-refractivity contribution in [3.63, 3.8) is 0 Å². The van der Waals surface area contributed by atoms with Crippen LogP contribution in [-0.2, 0) is 4.79 Å². The Bertz CT molecular complexity index is 773. The Hall–Kier alpha value is -3.22. The first kappa shape index (κ1) is 16.2. The molecule has 0 aliphatic heterocycles. The van der Waals surface area contributed by atoms with Gasteiger partial charge >= 0.3 is 5.97 Å². The maximum atomic E-state index is 13.0. The first-order valence-corrected chi connectivity index (χ1v) is 6.47. The van der Waals surface area contributed by atoms with Crippen molar-refractivity contribution in [2.45, 2.75) is 0 Å². The van der Waals surface area contributed by atoms with Crippen LogP contribution in [0.15, 0.2) is 48.5 Å². The molecule has 0 aliphatic carbocycles. The van der Waals surface area contributed by atoms with E-state index in [0.717, 1.165) is 12.1 Å². The number of benzene rings is 2. The van der Waals surface area contributed by atoms with Crippen LogP contribution in [0.25, 0.3) is 6.08 Å². The summed E-state index contributed by atoms with van der Waals surface area (Å²) in [4.78, 5) is 21.9. The highest BCUT2D eigenvalue weighted by molar-refractivity contribution is 5.89. The van der Waals surface area contributed by atoms with Crippen molar-refractivity contribution in [1.29, 1.82) is 0 Å². The third-order valence-corrected chi connectivity index (χ3v) is 2.83. The lowest BCUT2D eigenvalue weighted by Gasteiger charge is -2.07. The Labute approximate surface area is 130 Å². The van der Waals surface area contributed by atoms with Crippen LogP contribution in [0.5, 0.6) is 11.5 Å². The highest BCUT2D eigenvalue weighted by Crippen LogP contribution is 2.31. The zero-order valence-electron chi connectivity index (χ0n) is 12.1. The van der Waals surface area contributed by atoms with Crippen LogP contribution in [0.2, 0.25) is 0 Å². The summed E-state index contributed by atoms with van der Waals surface area (Å²) in [6, 6.07) is 9.30. The second-order valence-corrected chi connectivity index (χ2v) is 4.40. The molecule has 0 N–H and O–H groups in total. The average Bonchev–Trinajstić information content (AvgIpc) is 2.53. The second-order valence-electron chi connectivity index (χ2n) is 4.40. The van der Waals surface area contributed by atoms with Gasteiger partial charge in [-0.2, -0.15) is 0 Å². The highest BCUT2D eigenvalue weighted by Gasteiger charge is 2.14. The van der Waals surface area contributed by atoms with E-state index in [2.05, 4.69) is 0 Å². The van der Waals surface area contributed by atoms with Crippen molar-refractivity contribution in [2.75, 3.05) is 7.11 Å². The van der Waals surface area contributed by atoms with Crippen molar-refractivity contribution in [2.24, 2.45) is 0 Å². The molecule has 0 unspecified atom stereocenters. The fraction of sp³-hybridized carbons (Fsp3) is 0.0625.